The molecule has 0 aliphatic heterocycles. The zero-order valence-corrected chi connectivity index (χ0v) is 12.7. The lowest BCUT2D eigenvalue weighted by molar-refractivity contribution is -0.143. The van der Waals surface area contributed by atoms with Crippen LogP contribution in [-0.4, -0.2) is 41.3 Å². The van der Waals surface area contributed by atoms with Crippen LogP contribution in [0.15, 0.2) is 30.5 Å². The van der Waals surface area contributed by atoms with Crippen molar-refractivity contribution >= 4 is 22.8 Å². The fourth-order valence-electron chi connectivity index (χ4n) is 2.49. The molecule has 1 aromatic heterocycles. The molecule has 0 spiro atoms. The number of fused-ring (bicyclic) bond motifs is 1. The average molecular weight is 304 g/mol. The first-order chi connectivity index (χ1) is 10.6. The number of carbonyl (C=O) groups is 2. The molecule has 2 rings (SSSR count). The summed E-state index contributed by atoms with van der Waals surface area (Å²) in [6, 6.07) is 6.82. The number of rotatable bonds is 7. The van der Waals surface area contributed by atoms with Gasteiger partial charge in [0.1, 0.15) is 0 Å². The molecule has 1 aromatic carbocycles. The molecule has 118 valence electrons. The molecule has 6 nitrogen and oxygen atoms in total. The molecular formula is C16H20N2O4. The molecule has 0 aliphatic rings. The van der Waals surface area contributed by atoms with Crippen molar-refractivity contribution in [1.82, 2.24) is 9.88 Å². The third-order valence-corrected chi connectivity index (χ3v) is 3.53. The number of hydrogen-bond acceptors (Lipinski definition) is 3. The number of amides is 1. The number of carboxylic acid groups (broad SMARTS) is 1. The maximum atomic E-state index is 12.1. The maximum absolute atomic E-state index is 12.1. The van der Waals surface area contributed by atoms with Crippen molar-refractivity contribution in [2.24, 2.45) is 0 Å². The van der Waals surface area contributed by atoms with Gasteiger partial charge in [0.05, 0.1) is 13.0 Å². The number of aliphatic carboxylic acids is 1. The predicted molar refractivity (Wildman–Crippen MR) is 82.8 cm³/mol. The molecule has 6 heteroatoms. The Bertz CT molecular complexity index is 678. The Balaban J connectivity index is 2.16. The van der Waals surface area contributed by atoms with Crippen LogP contribution in [0.1, 0.15) is 12.5 Å². The van der Waals surface area contributed by atoms with E-state index < -0.39 is 12.0 Å². The third kappa shape index (κ3) is 3.46. The lowest BCUT2D eigenvalue weighted by Gasteiger charge is -2.13. The van der Waals surface area contributed by atoms with Gasteiger partial charge in [-0.25, -0.2) is 4.79 Å². The number of carbonyl (C=O) groups excluding carboxylic acids is 1. The third-order valence-electron chi connectivity index (χ3n) is 3.53. The Kier molecular flexibility index (Phi) is 5.16. The van der Waals surface area contributed by atoms with Gasteiger partial charge in [0, 0.05) is 30.8 Å². The molecule has 2 N–H and O–H groups in total. The Morgan fingerprint density at radius 2 is 2.09 bits per heavy atom. The highest BCUT2D eigenvalue weighted by atomic mass is 16.5. The van der Waals surface area contributed by atoms with E-state index in [0.29, 0.717) is 0 Å². The molecule has 0 saturated heterocycles. The van der Waals surface area contributed by atoms with Crippen LogP contribution in [0.25, 0.3) is 10.9 Å². The number of para-hydroxylation sites is 1. The van der Waals surface area contributed by atoms with Gasteiger partial charge in [0.15, 0.2) is 6.04 Å². The van der Waals surface area contributed by atoms with Crippen LogP contribution >= 0.6 is 0 Å². The van der Waals surface area contributed by atoms with Crippen LogP contribution < -0.4 is 5.32 Å². The summed E-state index contributed by atoms with van der Waals surface area (Å²) in [7, 11) is 1.40. The second kappa shape index (κ2) is 7.09. The molecule has 0 aliphatic carbocycles. The van der Waals surface area contributed by atoms with Gasteiger partial charge >= 0.3 is 5.97 Å². The van der Waals surface area contributed by atoms with Crippen molar-refractivity contribution in [3.05, 3.63) is 36.0 Å². The van der Waals surface area contributed by atoms with Gasteiger partial charge in [-0.1, -0.05) is 18.2 Å². The monoisotopic (exact) mass is 304 g/mol. The number of methoxy groups -OCH3 is 1. The van der Waals surface area contributed by atoms with Crippen molar-refractivity contribution in [3.8, 4) is 0 Å². The van der Waals surface area contributed by atoms with Crippen molar-refractivity contribution in [2.75, 3.05) is 13.7 Å². The molecule has 22 heavy (non-hydrogen) atoms. The van der Waals surface area contributed by atoms with Crippen LogP contribution in [-0.2, 0) is 27.3 Å². The summed E-state index contributed by atoms with van der Waals surface area (Å²) in [5.41, 5.74) is 1.95. The number of aryl methyl sites for hydroxylation is 1. The first-order valence-corrected chi connectivity index (χ1v) is 7.14. The quantitative estimate of drug-likeness (QED) is 0.810. The van der Waals surface area contributed by atoms with E-state index in [1.807, 2.05) is 37.4 Å². The number of ether oxygens (including phenoxy) is 1. The molecular weight excluding hydrogens is 284 g/mol. The molecule has 0 bridgehead atoms. The van der Waals surface area contributed by atoms with Gasteiger partial charge in [-0.15, -0.1) is 0 Å². The van der Waals surface area contributed by atoms with Crippen LogP contribution in [0.2, 0.25) is 0 Å². The van der Waals surface area contributed by atoms with Crippen molar-refractivity contribution in [1.29, 1.82) is 0 Å². The van der Waals surface area contributed by atoms with Crippen molar-refractivity contribution in [3.63, 3.8) is 0 Å². The number of nitrogens with zero attached hydrogens (tertiary/aromatic N) is 1. The number of aromatic nitrogens is 1. The second-order valence-electron chi connectivity index (χ2n) is 5.05. The average Bonchev–Trinajstić information content (AvgIpc) is 2.85. The van der Waals surface area contributed by atoms with E-state index in [9.17, 15) is 9.59 Å². The summed E-state index contributed by atoms with van der Waals surface area (Å²) < 4.78 is 6.88. The summed E-state index contributed by atoms with van der Waals surface area (Å²) in [5, 5.41) is 12.5. The van der Waals surface area contributed by atoms with E-state index in [0.717, 1.165) is 23.0 Å². The topological polar surface area (TPSA) is 80.6 Å². The van der Waals surface area contributed by atoms with Gasteiger partial charge in [-0.05, 0) is 18.6 Å². The molecule has 0 radical (unpaired) electrons. The van der Waals surface area contributed by atoms with E-state index in [2.05, 4.69) is 9.88 Å². The summed E-state index contributed by atoms with van der Waals surface area (Å²) in [5.74, 6) is -1.44. The van der Waals surface area contributed by atoms with E-state index in [1.54, 1.807) is 0 Å². The highest BCUT2D eigenvalue weighted by molar-refractivity contribution is 5.91. The van der Waals surface area contributed by atoms with Crippen LogP contribution in [0.5, 0.6) is 0 Å². The van der Waals surface area contributed by atoms with Crippen LogP contribution in [0, 0.1) is 0 Å². The highest BCUT2D eigenvalue weighted by Gasteiger charge is 2.20. The van der Waals surface area contributed by atoms with Crippen molar-refractivity contribution in [2.45, 2.75) is 25.9 Å². The smallest absolute Gasteiger partial charge is 0.328 e. The highest BCUT2D eigenvalue weighted by Crippen LogP contribution is 2.21. The number of nitrogens with one attached hydrogen (secondary N) is 1. The van der Waals surface area contributed by atoms with Gasteiger partial charge in [-0.3, -0.25) is 4.79 Å². The number of benzene rings is 1. The first-order valence-electron chi connectivity index (χ1n) is 7.14. The lowest BCUT2D eigenvalue weighted by atomic mass is 10.1. The molecule has 1 unspecified atom stereocenters. The summed E-state index contributed by atoms with van der Waals surface area (Å²) in [4.78, 5) is 23.1. The van der Waals surface area contributed by atoms with Gasteiger partial charge in [0.25, 0.3) is 0 Å². The van der Waals surface area contributed by atoms with Gasteiger partial charge in [0.2, 0.25) is 5.91 Å². The summed E-state index contributed by atoms with van der Waals surface area (Å²) >= 11 is 0. The van der Waals surface area contributed by atoms with E-state index in [1.165, 1.54) is 7.11 Å². The zero-order chi connectivity index (χ0) is 16.1. The van der Waals surface area contributed by atoms with Gasteiger partial charge in [-0.2, -0.15) is 0 Å². The Hall–Kier alpha value is -2.34. The summed E-state index contributed by atoms with van der Waals surface area (Å²) in [6.45, 7) is 2.79. The largest absolute Gasteiger partial charge is 0.480 e. The molecule has 0 saturated carbocycles. The molecule has 1 heterocycles. The lowest BCUT2D eigenvalue weighted by Crippen LogP contribution is -2.44. The van der Waals surface area contributed by atoms with Crippen LogP contribution in [0.3, 0.4) is 0 Å². The normalized spacial score (nSPS) is 12.3. The maximum Gasteiger partial charge on any atom is 0.328 e. The van der Waals surface area contributed by atoms with E-state index in [4.69, 9.17) is 9.84 Å². The molecule has 1 amide bonds. The Labute approximate surface area is 128 Å². The summed E-state index contributed by atoms with van der Waals surface area (Å²) in [6.07, 6.45) is 2.08. The Morgan fingerprint density at radius 1 is 1.36 bits per heavy atom. The second-order valence-corrected chi connectivity index (χ2v) is 5.05. The van der Waals surface area contributed by atoms with Crippen molar-refractivity contribution < 1.29 is 19.4 Å². The fourth-order valence-corrected chi connectivity index (χ4v) is 2.49. The minimum atomic E-state index is -1.11. The number of carboxylic acids is 1. The molecule has 2 aromatic rings. The fraction of sp³-hybridized carbons (Fsp3) is 0.375. The van der Waals surface area contributed by atoms with E-state index >= 15 is 0 Å². The zero-order valence-electron chi connectivity index (χ0n) is 12.7. The standard InChI is InChI=1S/C16H20N2O4/c1-3-18-9-11(12-6-4-5-7-14(12)18)8-15(19)17-13(10-22-2)16(20)21/h4-7,9,13H,3,8,10H2,1-2H3,(H,17,19)(H,20,21). The van der Waals surface area contributed by atoms with E-state index in [-0.39, 0.29) is 18.9 Å². The SMILES string of the molecule is CCn1cc(CC(=O)NC(COC)C(=O)O)c2ccccc21. The minimum absolute atomic E-state index is 0.0577. The first kappa shape index (κ1) is 16.0. The Morgan fingerprint density at radius 3 is 2.73 bits per heavy atom. The molecule has 0 fully saturated rings. The van der Waals surface area contributed by atoms with Crippen LogP contribution in [0.4, 0.5) is 0 Å². The number of hydrogen-bond donors (Lipinski definition) is 2. The van der Waals surface area contributed by atoms with Gasteiger partial charge < -0.3 is 19.7 Å². The minimum Gasteiger partial charge on any atom is -0.480 e. The molecule has 1 atom stereocenters. The predicted octanol–water partition coefficient (Wildman–Crippen LogP) is 1.42.